The summed E-state index contributed by atoms with van der Waals surface area (Å²) in [6, 6.07) is 2.69. The van der Waals surface area contributed by atoms with Crippen LogP contribution in [0.3, 0.4) is 0 Å². The van der Waals surface area contributed by atoms with Gasteiger partial charge in [0, 0.05) is 17.3 Å². The summed E-state index contributed by atoms with van der Waals surface area (Å²) in [7, 11) is 0. The number of nitrogen functional groups attached to an aromatic ring is 1. The van der Waals surface area contributed by atoms with E-state index in [4.69, 9.17) is 28.9 Å². The molecule has 1 aromatic rings. The van der Waals surface area contributed by atoms with Crippen molar-refractivity contribution in [1.82, 2.24) is 0 Å². The van der Waals surface area contributed by atoms with Crippen LogP contribution in [0.2, 0.25) is 5.02 Å². The Hall–Kier alpha value is -0.910. The highest BCUT2D eigenvalue weighted by atomic mass is 35.5. The van der Waals surface area contributed by atoms with Crippen LogP contribution in [0.15, 0.2) is 12.1 Å². The summed E-state index contributed by atoms with van der Waals surface area (Å²) >= 11 is 11.1. The third kappa shape index (κ3) is 2.80. The summed E-state index contributed by atoms with van der Waals surface area (Å²) in [6.45, 7) is 0. The second kappa shape index (κ2) is 5.09. The summed E-state index contributed by atoms with van der Waals surface area (Å²) in [5.41, 5.74) is 5.89. The Labute approximate surface area is 92.0 Å². The van der Waals surface area contributed by atoms with Crippen LogP contribution in [-0.2, 0) is 0 Å². The standard InChI is InChI=1S/C10H8Cl2FN/c11-4-2-1-3-7-5-8(12)6-9(13)10(7)14/h5-6H,2,4,14H2. The minimum Gasteiger partial charge on any atom is -0.395 e. The van der Waals surface area contributed by atoms with Gasteiger partial charge in [0.1, 0.15) is 5.82 Å². The average molecular weight is 232 g/mol. The molecule has 0 saturated carbocycles. The molecule has 0 atom stereocenters. The minimum atomic E-state index is -0.548. The van der Waals surface area contributed by atoms with Gasteiger partial charge < -0.3 is 5.73 Å². The van der Waals surface area contributed by atoms with Gasteiger partial charge in [-0.3, -0.25) is 0 Å². The topological polar surface area (TPSA) is 26.0 Å². The predicted octanol–water partition coefficient (Wildman–Crippen LogP) is 3.04. The first-order valence-corrected chi connectivity index (χ1v) is 4.85. The molecule has 0 aromatic heterocycles. The van der Waals surface area contributed by atoms with E-state index in [0.29, 0.717) is 17.9 Å². The summed E-state index contributed by atoms with van der Waals surface area (Å²) < 4.78 is 13.0. The fourth-order valence-electron chi connectivity index (χ4n) is 0.893. The van der Waals surface area contributed by atoms with E-state index in [2.05, 4.69) is 11.8 Å². The predicted molar refractivity (Wildman–Crippen MR) is 58.0 cm³/mol. The van der Waals surface area contributed by atoms with Crippen molar-refractivity contribution in [2.75, 3.05) is 11.6 Å². The highest BCUT2D eigenvalue weighted by molar-refractivity contribution is 6.30. The van der Waals surface area contributed by atoms with E-state index in [-0.39, 0.29) is 10.7 Å². The lowest BCUT2D eigenvalue weighted by molar-refractivity contribution is 0.632. The van der Waals surface area contributed by atoms with Gasteiger partial charge in [0.2, 0.25) is 0 Å². The van der Waals surface area contributed by atoms with Crippen molar-refractivity contribution < 1.29 is 4.39 Å². The van der Waals surface area contributed by atoms with E-state index < -0.39 is 5.82 Å². The summed E-state index contributed by atoms with van der Waals surface area (Å²) in [5.74, 6) is 5.36. The second-order valence-electron chi connectivity index (χ2n) is 2.59. The first kappa shape index (κ1) is 11.2. The Kier molecular flexibility index (Phi) is 4.06. The van der Waals surface area contributed by atoms with Gasteiger partial charge in [-0.05, 0) is 12.1 Å². The van der Waals surface area contributed by atoms with Crippen LogP contribution in [0.1, 0.15) is 12.0 Å². The van der Waals surface area contributed by atoms with Crippen LogP contribution in [0.5, 0.6) is 0 Å². The van der Waals surface area contributed by atoms with Crippen LogP contribution in [0.25, 0.3) is 0 Å². The van der Waals surface area contributed by atoms with Crippen molar-refractivity contribution in [3.8, 4) is 11.8 Å². The van der Waals surface area contributed by atoms with Gasteiger partial charge in [0.15, 0.2) is 0 Å². The first-order valence-electron chi connectivity index (χ1n) is 3.94. The lowest BCUT2D eigenvalue weighted by atomic mass is 10.2. The van der Waals surface area contributed by atoms with Crippen LogP contribution in [0, 0.1) is 17.7 Å². The fraction of sp³-hybridized carbons (Fsp3) is 0.200. The molecule has 0 aliphatic rings. The summed E-state index contributed by atoms with van der Waals surface area (Å²) in [5, 5.41) is 0.284. The van der Waals surface area contributed by atoms with Gasteiger partial charge in [-0.15, -0.1) is 11.6 Å². The molecule has 0 unspecified atom stereocenters. The second-order valence-corrected chi connectivity index (χ2v) is 3.40. The summed E-state index contributed by atoms with van der Waals surface area (Å²) in [6.07, 6.45) is 0.537. The molecule has 14 heavy (non-hydrogen) atoms. The molecule has 0 amide bonds. The number of halogens is 3. The Morgan fingerprint density at radius 3 is 2.79 bits per heavy atom. The number of rotatable bonds is 1. The number of benzene rings is 1. The Morgan fingerprint density at radius 2 is 2.14 bits per heavy atom. The molecular formula is C10H8Cl2FN. The zero-order valence-corrected chi connectivity index (χ0v) is 8.79. The van der Waals surface area contributed by atoms with Gasteiger partial charge in [0.05, 0.1) is 11.3 Å². The van der Waals surface area contributed by atoms with Crippen molar-refractivity contribution in [1.29, 1.82) is 0 Å². The van der Waals surface area contributed by atoms with Crippen molar-refractivity contribution in [3.63, 3.8) is 0 Å². The zero-order chi connectivity index (χ0) is 10.6. The Bertz CT molecular complexity index is 393. The highest BCUT2D eigenvalue weighted by Crippen LogP contribution is 2.21. The van der Waals surface area contributed by atoms with Crippen molar-refractivity contribution in [3.05, 3.63) is 28.5 Å². The van der Waals surface area contributed by atoms with Gasteiger partial charge in [-0.1, -0.05) is 23.4 Å². The number of hydrogen-bond acceptors (Lipinski definition) is 1. The highest BCUT2D eigenvalue weighted by Gasteiger charge is 2.04. The lowest BCUT2D eigenvalue weighted by Gasteiger charge is -2.00. The van der Waals surface area contributed by atoms with Gasteiger partial charge >= 0.3 is 0 Å². The molecule has 0 saturated heterocycles. The molecule has 0 fully saturated rings. The molecule has 1 aromatic carbocycles. The molecular weight excluding hydrogens is 224 g/mol. The number of nitrogens with two attached hydrogens (primary N) is 1. The number of hydrogen-bond donors (Lipinski definition) is 1. The molecule has 1 rings (SSSR count). The lowest BCUT2D eigenvalue weighted by Crippen LogP contribution is -1.94. The van der Waals surface area contributed by atoms with E-state index in [9.17, 15) is 4.39 Å². The average Bonchev–Trinajstić information content (AvgIpc) is 2.13. The fourth-order valence-corrected chi connectivity index (χ4v) is 1.19. The Balaban J connectivity index is 3.04. The maximum absolute atomic E-state index is 13.0. The summed E-state index contributed by atoms with van der Waals surface area (Å²) in [4.78, 5) is 0. The van der Waals surface area contributed by atoms with Gasteiger partial charge in [-0.25, -0.2) is 4.39 Å². The van der Waals surface area contributed by atoms with Gasteiger partial charge in [0.25, 0.3) is 0 Å². The van der Waals surface area contributed by atoms with Crippen LogP contribution < -0.4 is 5.73 Å². The van der Waals surface area contributed by atoms with E-state index in [1.807, 2.05) is 0 Å². The van der Waals surface area contributed by atoms with Crippen LogP contribution >= 0.6 is 23.2 Å². The monoisotopic (exact) mass is 231 g/mol. The third-order valence-corrected chi connectivity index (χ3v) is 1.94. The van der Waals surface area contributed by atoms with Crippen LogP contribution in [-0.4, -0.2) is 5.88 Å². The third-order valence-electron chi connectivity index (χ3n) is 1.54. The zero-order valence-electron chi connectivity index (χ0n) is 7.28. The smallest absolute Gasteiger partial charge is 0.148 e. The normalized spacial score (nSPS) is 9.36. The van der Waals surface area contributed by atoms with Crippen molar-refractivity contribution >= 4 is 28.9 Å². The molecule has 2 N–H and O–H groups in total. The Morgan fingerprint density at radius 1 is 1.43 bits per heavy atom. The van der Waals surface area contributed by atoms with E-state index in [0.717, 1.165) is 6.07 Å². The van der Waals surface area contributed by atoms with Gasteiger partial charge in [-0.2, -0.15) is 0 Å². The molecule has 0 bridgehead atoms. The van der Waals surface area contributed by atoms with E-state index in [1.165, 1.54) is 6.07 Å². The molecule has 0 spiro atoms. The van der Waals surface area contributed by atoms with E-state index >= 15 is 0 Å². The molecule has 0 aliphatic carbocycles. The van der Waals surface area contributed by atoms with Crippen LogP contribution in [0.4, 0.5) is 10.1 Å². The minimum absolute atomic E-state index is 0.0245. The molecule has 0 radical (unpaired) electrons. The van der Waals surface area contributed by atoms with Crippen molar-refractivity contribution in [2.45, 2.75) is 6.42 Å². The SMILES string of the molecule is Nc1c(F)cc(Cl)cc1C#CCCCl. The van der Waals surface area contributed by atoms with Crippen molar-refractivity contribution in [2.24, 2.45) is 0 Å². The maximum Gasteiger partial charge on any atom is 0.148 e. The number of anilines is 1. The first-order chi connectivity index (χ1) is 6.65. The molecule has 0 heterocycles. The molecule has 0 aliphatic heterocycles. The van der Waals surface area contributed by atoms with E-state index in [1.54, 1.807) is 0 Å². The maximum atomic E-state index is 13.0. The molecule has 74 valence electrons. The molecule has 4 heteroatoms. The largest absolute Gasteiger partial charge is 0.395 e. The quantitative estimate of drug-likeness (QED) is 0.449. The number of alkyl halides is 1. The molecule has 1 nitrogen and oxygen atoms in total.